The van der Waals surface area contributed by atoms with E-state index in [4.69, 9.17) is 0 Å². The van der Waals surface area contributed by atoms with Gasteiger partial charge in [0.05, 0.1) is 6.20 Å². The number of piperidine rings is 1. The summed E-state index contributed by atoms with van der Waals surface area (Å²) < 4.78 is 1.87. The van der Waals surface area contributed by atoms with Gasteiger partial charge in [0, 0.05) is 42.5 Å². The molecule has 0 bridgehead atoms. The highest BCUT2D eigenvalue weighted by atomic mass is 32.1. The standard InChI is InChI=1S/C19H27N5OS/c1-15-6-7-17(26-15)13-22-8-4-5-16(11-22)12-24-14-18(20-21-24)19(25)23-9-2-3-10-23/h6-7,14,16H,2-5,8-13H2,1H3/t16-/m1/s1. The van der Waals surface area contributed by atoms with Crippen molar-refractivity contribution in [2.75, 3.05) is 26.2 Å². The summed E-state index contributed by atoms with van der Waals surface area (Å²) in [7, 11) is 0. The molecule has 0 radical (unpaired) electrons. The monoisotopic (exact) mass is 373 g/mol. The second-order valence-electron chi connectivity index (χ2n) is 7.58. The molecule has 140 valence electrons. The minimum atomic E-state index is 0.0343. The lowest BCUT2D eigenvalue weighted by molar-refractivity contribution is 0.0787. The molecule has 6 nitrogen and oxygen atoms in total. The van der Waals surface area contributed by atoms with Crippen molar-refractivity contribution in [3.63, 3.8) is 0 Å². The molecule has 0 saturated carbocycles. The van der Waals surface area contributed by atoms with E-state index in [0.717, 1.165) is 45.6 Å². The minimum absolute atomic E-state index is 0.0343. The van der Waals surface area contributed by atoms with Crippen molar-refractivity contribution in [1.82, 2.24) is 24.8 Å². The summed E-state index contributed by atoms with van der Waals surface area (Å²) in [5, 5.41) is 8.34. The van der Waals surface area contributed by atoms with E-state index in [2.05, 4.69) is 34.3 Å². The second kappa shape index (κ2) is 7.88. The van der Waals surface area contributed by atoms with Crippen LogP contribution in [0.15, 0.2) is 18.3 Å². The predicted octanol–water partition coefficient (Wildman–Crippen LogP) is 2.80. The molecule has 2 aliphatic rings. The fourth-order valence-electron chi connectivity index (χ4n) is 4.07. The zero-order chi connectivity index (χ0) is 17.9. The van der Waals surface area contributed by atoms with Crippen LogP contribution in [0.4, 0.5) is 0 Å². The van der Waals surface area contributed by atoms with Crippen LogP contribution in [-0.2, 0) is 13.1 Å². The van der Waals surface area contributed by atoms with E-state index in [9.17, 15) is 4.79 Å². The Morgan fingerprint density at radius 3 is 2.85 bits per heavy atom. The third-order valence-corrected chi connectivity index (χ3v) is 6.36. The molecule has 26 heavy (non-hydrogen) atoms. The Bertz CT molecular complexity index is 749. The topological polar surface area (TPSA) is 54.3 Å². The molecule has 7 heteroatoms. The van der Waals surface area contributed by atoms with E-state index in [1.54, 1.807) is 0 Å². The number of thiophene rings is 1. The minimum Gasteiger partial charge on any atom is -0.337 e. The van der Waals surface area contributed by atoms with Crippen LogP contribution in [0.1, 0.15) is 45.9 Å². The summed E-state index contributed by atoms with van der Waals surface area (Å²) in [5.41, 5.74) is 0.494. The molecule has 0 aromatic carbocycles. The number of aromatic nitrogens is 3. The first kappa shape index (κ1) is 17.7. The molecular formula is C19H27N5OS. The summed E-state index contributed by atoms with van der Waals surface area (Å²) >= 11 is 1.89. The van der Waals surface area contributed by atoms with Crippen molar-refractivity contribution in [1.29, 1.82) is 0 Å². The van der Waals surface area contributed by atoms with Crippen LogP contribution in [0.25, 0.3) is 0 Å². The molecule has 2 aliphatic heterocycles. The predicted molar refractivity (Wildman–Crippen MR) is 102 cm³/mol. The van der Waals surface area contributed by atoms with Crippen LogP contribution in [0.5, 0.6) is 0 Å². The van der Waals surface area contributed by atoms with E-state index in [0.29, 0.717) is 11.6 Å². The van der Waals surface area contributed by atoms with E-state index in [1.165, 1.54) is 29.1 Å². The Morgan fingerprint density at radius 1 is 1.23 bits per heavy atom. The highest BCUT2D eigenvalue weighted by molar-refractivity contribution is 7.11. The second-order valence-corrected chi connectivity index (χ2v) is 8.95. The van der Waals surface area contributed by atoms with Gasteiger partial charge in [-0.2, -0.15) is 0 Å². The quantitative estimate of drug-likeness (QED) is 0.809. The van der Waals surface area contributed by atoms with Gasteiger partial charge in [0.2, 0.25) is 0 Å². The SMILES string of the molecule is Cc1ccc(CN2CCC[C@@H](Cn3cc(C(=O)N4CCCC4)nn3)C2)s1. The Kier molecular flexibility index (Phi) is 5.36. The molecule has 0 unspecified atom stereocenters. The number of rotatable bonds is 5. The molecule has 0 aliphatic carbocycles. The Labute approximate surface area is 158 Å². The molecule has 4 rings (SSSR count). The Hall–Kier alpha value is -1.73. The number of carbonyl (C=O) groups excluding carboxylic acids is 1. The summed E-state index contributed by atoms with van der Waals surface area (Å²) in [4.78, 5) is 19.7. The van der Waals surface area contributed by atoms with Crippen molar-refractivity contribution in [3.05, 3.63) is 33.8 Å². The van der Waals surface area contributed by atoms with Crippen LogP contribution < -0.4 is 0 Å². The van der Waals surface area contributed by atoms with E-state index >= 15 is 0 Å². The fraction of sp³-hybridized carbons (Fsp3) is 0.632. The maximum absolute atomic E-state index is 12.4. The average Bonchev–Trinajstić information content (AvgIpc) is 3.37. The van der Waals surface area contributed by atoms with Crippen molar-refractivity contribution >= 4 is 17.2 Å². The fourth-order valence-corrected chi connectivity index (χ4v) is 5.00. The Morgan fingerprint density at radius 2 is 2.08 bits per heavy atom. The number of amides is 1. The van der Waals surface area contributed by atoms with Gasteiger partial charge in [0.25, 0.3) is 5.91 Å². The first-order chi connectivity index (χ1) is 12.7. The van der Waals surface area contributed by atoms with Gasteiger partial charge in [-0.25, -0.2) is 0 Å². The number of likely N-dealkylation sites (tertiary alicyclic amines) is 2. The highest BCUT2D eigenvalue weighted by Crippen LogP contribution is 2.23. The lowest BCUT2D eigenvalue weighted by Crippen LogP contribution is -2.36. The maximum Gasteiger partial charge on any atom is 0.276 e. The molecule has 2 saturated heterocycles. The molecule has 0 spiro atoms. The molecule has 4 heterocycles. The zero-order valence-corrected chi connectivity index (χ0v) is 16.2. The van der Waals surface area contributed by atoms with Gasteiger partial charge in [-0.05, 0) is 57.2 Å². The normalized spacial score (nSPS) is 21.4. The van der Waals surface area contributed by atoms with Gasteiger partial charge in [-0.15, -0.1) is 16.4 Å². The molecular weight excluding hydrogens is 346 g/mol. The van der Waals surface area contributed by atoms with E-state index in [1.807, 2.05) is 27.1 Å². The lowest BCUT2D eigenvalue weighted by Gasteiger charge is -2.32. The third kappa shape index (κ3) is 4.15. The van der Waals surface area contributed by atoms with Gasteiger partial charge in [0.15, 0.2) is 5.69 Å². The van der Waals surface area contributed by atoms with E-state index < -0.39 is 0 Å². The summed E-state index contributed by atoms with van der Waals surface area (Å²) in [6.07, 6.45) is 6.48. The largest absolute Gasteiger partial charge is 0.337 e. The number of aryl methyl sites for hydroxylation is 1. The molecule has 2 aromatic rings. The van der Waals surface area contributed by atoms with Gasteiger partial charge in [0.1, 0.15) is 0 Å². The molecule has 2 fully saturated rings. The highest BCUT2D eigenvalue weighted by Gasteiger charge is 2.24. The van der Waals surface area contributed by atoms with Crippen LogP contribution >= 0.6 is 11.3 Å². The smallest absolute Gasteiger partial charge is 0.276 e. The van der Waals surface area contributed by atoms with Gasteiger partial charge >= 0.3 is 0 Å². The number of nitrogens with zero attached hydrogens (tertiary/aromatic N) is 5. The molecule has 0 N–H and O–H groups in total. The summed E-state index contributed by atoms with van der Waals surface area (Å²) in [5.74, 6) is 0.605. The van der Waals surface area contributed by atoms with Crippen molar-refractivity contribution in [2.24, 2.45) is 5.92 Å². The Balaban J connectivity index is 1.32. The summed E-state index contributed by atoms with van der Waals surface area (Å²) in [6.45, 7) is 8.02. The van der Waals surface area contributed by atoms with Crippen molar-refractivity contribution < 1.29 is 4.79 Å². The molecule has 1 atom stereocenters. The molecule has 2 aromatic heterocycles. The van der Waals surface area contributed by atoms with Gasteiger partial charge in [-0.3, -0.25) is 14.4 Å². The van der Waals surface area contributed by atoms with Gasteiger partial charge < -0.3 is 4.90 Å². The van der Waals surface area contributed by atoms with Crippen LogP contribution in [0, 0.1) is 12.8 Å². The lowest BCUT2D eigenvalue weighted by atomic mass is 9.98. The van der Waals surface area contributed by atoms with Crippen molar-refractivity contribution in [2.45, 2.75) is 45.7 Å². The van der Waals surface area contributed by atoms with Crippen LogP contribution in [-0.4, -0.2) is 56.9 Å². The summed E-state index contributed by atoms with van der Waals surface area (Å²) in [6, 6.07) is 4.45. The first-order valence-electron chi connectivity index (χ1n) is 9.64. The molecule has 1 amide bonds. The third-order valence-electron chi connectivity index (χ3n) is 5.37. The van der Waals surface area contributed by atoms with Gasteiger partial charge in [-0.1, -0.05) is 5.21 Å². The number of hydrogen-bond donors (Lipinski definition) is 0. The van der Waals surface area contributed by atoms with E-state index in [-0.39, 0.29) is 5.91 Å². The van der Waals surface area contributed by atoms with Crippen LogP contribution in [0.3, 0.4) is 0 Å². The number of hydrogen-bond acceptors (Lipinski definition) is 5. The van der Waals surface area contributed by atoms with Crippen molar-refractivity contribution in [3.8, 4) is 0 Å². The number of carbonyl (C=O) groups is 1. The first-order valence-corrected chi connectivity index (χ1v) is 10.5. The zero-order valence-electron chi connectivity index (χ0n) is 15.4. The average molecular weight is 374 g/mol. The van der Waals surface area contributed by atoms with Crippen LogP contribution in [0.2, 0.25) is 0 Å². The maximum atomic E-state index is 12.4.